The molecule has 0 aliphatic heterocycles. The predicted octanol–water partition coefficient (Wildman–Crippen LogP) is 1.82. The summed E-state index contributed by atoms with van der Waals surface area (Å²) >= 11 is 1.70. The van der Waals surface area contributed by atoms with Crippen molar-refractivity contribution in [2.24, 2.45) is 0 Å². The number of thiophene rings is 1. The molecule has 0 unspecified atom stereocenters. The highest BCUT2D eigenvalue weighted by molar-refractivity contribution is 7.07. The summed E-state index contributed by atoms with van der Waals surface area (Å²) in [6.45, 7) is 0.766. The van der Waals surface area contributed by atoms with E-state index >= 15 is 0 Å². The molecule has 7 nitrogen and oxygen atoms in total. The van der Waals surface area contributed by atoms with Gasteiger partial charge < -0.3 is 10.6 Å². The van der Waals surface area contributed by atoms with Gasteiger partial charge in [0.15, 0.2) is 0 Å². The maximum Gasteiger partial charge on any atom is 0.257 e. The highest BCUT2D eigenvalue weighted by Crippen LogP contribution is 2.10. The molecule has 0 amide bonds. The van der Waals surface area contributed by atoms with Gasteiger partial charge in [0, 0.05) is 26.0 Å². The standard InChI is InChI=1S/C13H15N7S/c1-14-11-17-12(15-6-3-10-4-8-21-9-10)19-13(18-11)20-7-2-5-16-20/h2,4-5,7-9H,3,6H2,1H3,(H2,14,15,17,18,19). The van der Waals surface area contributed by atoms with Crippen molar-refractivity contribution in [2.45, 2.75) is 6.42 Å². The van der Waals surface area contributed by atoms with Crippen LogP contribution < -0.4 is 10.6 Å². The number of hydrogen-bond donors (Lipinski definition) is 2. The Hall–Kier alpha value is -2.48. The van der Waals surface area contributed by atoms with Gasteiger partial charge in [-0.2, -0.15) is 31.4 Å². The van der Waals surface area contributed by atoms with E-state index in [9.17, 15) is 0 Å². The minimum absolute atomic E-state index is 0.484. The fourth-order valence-electron chi connectivity index (χ4n) is 1.80. The number of rotatable bonds is 6. The van der Waals surface area contributed by atoms with Gasteiger partial charge in [-0.15, -0.1) is 0 Å². The summed E-state index contributed by atoms with van der Waals surface area (Å²) in [5, 5.41) is 14.5. The van der Waals surface area contributed by atoms with Crippen LogP contribution in [0.2, 0.25) is 0 Å². The van der Waals surface area contributed by atoms with Crippen LogP contribution in [0.3, 0.4) is 0 Å². The van der Waals surface area contributed by atoms with Crippen LogP contribution in [0.4, 0.5) is 11.9 Å². The van der Waals surface area contributed by atoms with E-state index in [-0.39, 0.29) is 0 Å². The molecule has 21 heavy (non-hydrogen) atoms. The Morgan fingerprint density at radius 1 is 1.24 bits per heavy atom. The average molecular weight is 301 g/mol. The number of hydrogen-bond acceptors (Lipinski definition) is 7. The lowest BCUT2D eigenvalue weighted by atomic mass is 10.2. The maximum absolute atomic E-state index is 4.37. The minimum Gasteiger partial charge on any atom is -0.357 e. The van der Waals surface area contributed by atoms with Crippen molar-refractivity contribution in [2.75, 3.05) is 24.2 Å². The van der Waals surface area contributed by atoms with Crippen molar-refractivity contribution in [3.8, 4) is 5.95 Å². The van der Waals surface area contributed by atoms with Gasteiger partial charge in [-0.25, -0.2) is 4.68 Å². The molecule has 0 spiro atoms. The van der Waals surface area contributed by atoms with E-state index in [2.05, 4.69) is 47.5 Å². The number of aromatic nitrogens is 5. The molecule has 0 aromatic carbocycles. The molecular formula is C13H15N7S. The van der Waals surface area contributed by atoms with E-state index in [1.54, 1.807) is 35.5 Å². The number of nitrogens with one attached hydrogen (secondary N) is 2. The molecule has 3 aromatic rings. The van der Waals surface area contributed by atoms with Crippen LogP contribution in [0, 0.1) is 0 Å². The SMILES string of the molecule is CNc1nc(NCCc2ccsc2)nc(-n2cccn2)n1. The van der Waals surface area contributed by atoms with Crippen molar-refractivity contribution >= 4 is 23.2 Å². The van der Waals surface area contributed by atoms with Crippen molar-refractivity contribution in [1.29, 1.82) is 0 Å². The Labute approximate surface area is 126 Å². The van der Waals surface area contributed by atoms with Gasteiger partial charge in [0.2, 0.25) is 11.9 Å². The van der Waals surface area contributed by atoms with Crippen molar-refractivity contribution in [1.82, 2.24) is 24.7 Å². The summed E-state index contributed by atoms with van der Waals surface area (Å²) in [6.07, 6.45) is 4.41. The molecule has 0 aliphatic rings. The summed E-state index contributed by atoms with van der Waals surface area (Å²) in [4.78, 5) is 13.0. The fourth-order valence-corrected chi connectivity index (χ4v) is 2.50. The average Bonchev–Trinajstić information content (AvgIpc) is 3.20. The molecule has 3 heterocycles. The second-order valence-corrected chi connectivity index (χ2v) is 5.07. The monoisotopic (exact) mass is 301 g/mol. The van der Waals surface area contributed by atoms with Crippen LogP contribution >= 0.6 is 11.3 Å². The second-order valence-electron chi connectivity index (χ2n) is 4.29. The smallest absolute Gasteiger partial charge is 0.257 e. The normalized spacial score (nSPS) is 10.5. The molecule has 8 heteroatoms. The van der Waals surface area contributed by atoms with E-state index in [0.29, 0.717) is 17.8 Å². The van der Waals surface area contributed by atoms with Gasteiger partial charge in [0.1, 0.15) is 0 Å². The van der Waals surface area contributed by atoms with Gasteiger partial charge in [-0.1, -0.05) is 0 Å². The summed E-state index contributed by atoms with van der Waals surface area (Å²) in [7, 11) is 1.78. The Morgan fingerprint density at radius 2 is 2.14 bits per heavy atom. The molecule has 3 rings (SSSR count). The maximum atomic E-state index is 4.37. The summed E-state index contributed by atoms with van der Waals surface area (Å²) in [5.41, 5.74) is 1.31. The minimum atomic E-state index is 0.484. The first-order chi connectivity index (χ1) is 10.3. The van der Waals surface area contributed by atoms with Crippen LogP contribution in [-0.4, -0.2) is 38.3 Å². The Balaban J connectivity index is 1.73. The third-order valence-corrected chi connectivity index (χ3v) is 3.57. The lowest BCUT2D eigenvalue weighted by Gasteiger charge is -2.08. The van der Waals surface area contributed by atoms with Crippen LogP contribution in [-0.2, 0) is 6.42 Å². The zero-order valence-electron chi connectivity index (χ0n) is 11.5. The lowest BCUT2D eigenvalue weighted by molar-refractivity contribution is 0.796. The van der Waals surface area contributed by atoms with Crippen LogP contribution in [0.5, 0.6) is 0 Å². The van der Waals surface area contributed by atoms with Gasteiger partial charge in [0.25, 0.3) is 5.95 Å². The summed E-state index contributed by atoms with van der Waals surface area (Å²) in [6, 6.07) is 3.94. The van der Waals surface area contributed by atoms with Gasteiger partial charge in [-0.3, -0.25) is 0 Å². The molecule has 2 N–H and O–H groups in total. The van der Waals surface area contributed by atoms with Gasteiger partial charge in [-0.05, 0) is 34.9 Å². The van der Waals surface area contributed by atoms with Gasteiger partial charge >= 0.3 is 0 Å². The van der Waals surface area contributed by atoms with Gasteiger partial charge in [0.05, 0.1) is 0 Å². The third kappa shape index (κ3) is 3.34. The summed E-state index contributed by atoms with van der Waals surface area (Å²) in [5.74, 6) is 1.53. The predicted molar refractivity (Wildman–Crippen MR) is 83.0 cm³/mol. The molecule has 3 aromatic heterocycles. The first kappa shape index (κ1) is 13.5. The number of anilines is 2. The van der Waals surface area contributed by atoms with E-state index in [4.69, 9.17) is 0 Å². The van der Waals surface area contributed by atoms with E-state index < -0.39 is 0 Å². The number of nitrogens with zero attached hydrogens (tertiary/aromatic N) is 5. The quantitative estimate of drug-likeness (QED) is 0.723. The highest BCUT2D eigenvalue weighted by Gasteiger charge is 2.07. The first-order valence-electron chi connectivity index (χ1n) is 6.54. The Bertz CT molecular complexity index is 679. The fraction of sp³-hybridized carbons (Fsp3) is 0.231. The Kier molecular flexibility index (Phi) is 4.06. The molecule has 0 aliphatic carbocycles. The zero-order valence-corrected chi connectivity index (χ0v) is 12.3. The van der Waals surface area contributed by atoms with E-state index in [1.807, 2.05) is 6.07 Å². The zero-order chi connectivity index (χ0) is 14.5. The molecule has 0 saturated heterocycles. The van der Waals surface area contributed by atoms with Crippen molar-refractivity contribution in [3.63, 3.8) is 0 Å². The molecule has 0 atom stereocenters. The molecule has 0 radical (unpaired) electrons. The lowest BCUT2D eigenvalue weighted by Crippen LogP contribution is -2.13. The Morgan fingerprint density at radius 3 is 2.86 bits per heavy atom. The van der Waals surface area contributed by atoms with E-state index in [0.717, 1.165) is 13.0 Å². The second kappa shape index (κ2) is 6.31. The molecule has 0 fully saturated rings. The van der Waals surface area contributed by atoms with Crippen LogP contribution in [0.1, 0.15) is 5.56 Å². The molecular weight excluding hydrogens is 286 g/mol. The summed E-state index contributed by atoms with van der Waals surface area (Å²) < 4.78 is 1.60. The van der Waals surface area contributed by atoms with Crippen LogP contribution in [0.25, 0.3) is 5.95 Å². The highest BCUT2D eigenvalue weighted by atomic mass is 32.1. The van der Waals surface area contributed by atoms with E-state index in [1.165, 1.54) is 5.56 Å². The van der Waals surface area contributed by atoms with Crippen LogP contribution in [0.15, 0.2) is 35.3 Å². The largest absolute Gasteiger partial charge is 0.357 e. The van der Waals surface area contributed by atoms with Crippen molar-refractivity contribution < 1.29 is 0 Å². The first-order valence-corrected chi connectivity index (χ1v) is 7.48. The molecule has 0 saturated carbocycles. The van der Waals surface area contributed by atoms with Crippen molar-refractivity contribution in [3.05, 3.63) is 40.8 Å². The molecule has 108 valence electrons. The third-order valence-electron chi connectivity index (χ3n) is 2.83. The topological polar surface area (TPSA) is 80.5 Å². The molecule has 0 bridgehead atoms.